The van der Waals surface area contributed by atoms with Crippen LogP contribution in [0.4, 0.5) is 5.69 Å². The standard InChI is InChI=1S/C20H18N2O3/c1-13-10-15(12-21-20(13)24)18-11-16(22-14(2)23)8-9-19(18)25-17-6-4-3-5-7-17/h3-12H,1-2H3,(H,21,24)(H,22,23). The number of aromatic amines is 1. The lowest BCUT2D eigenvalue weighted by Crippen LogP contribution is -2.08. The van der Waals surface area contributed by atoms with Crippen molar-refractivity contribution < 1.29 is 9.53 Å². The van der Waals surface area contributed by atoms with Gasteiger partial charge in [-0.3, -0.25) is 9.59 Å². The SMILES string of the molecule is CC(=O)Nc1ccc(Oc2ccccc2)c(-c2c[nH]c(=O)c(C)c2)c1. The smallest absolute Gasteiger partial charge is 0.250 e. The van der Waals surface area contributed by atoms with E-state index in [4.69, 9.17) is 4.74 Å². The molecule has 0 saturated carbocycles. The van der Waals surface area contributed by atoms with Crippen LogP contribution in [0, 0.1) is 6.92 Å². The average Bonchev–Trinajstić information content (AvgIpc) is 2.59. The van der Waals surface area contributed by atoms with E-state index in [1.165, 1.54) is 6.92 Å². The van der Waals surface area contributed by atoms with Gasteiger partial charge in [0.25, 0.3) is 5.56 Å². The zero-order chi connectivity index (χ0) is 17.8. The summed E-state index contributed by atoms with van der Waals surface area (Å²) in [6, 6.07) is 16.6. The van der Waals surface area contributed by atoms with E-state index >= 15 is 0 Å². The summed E-state index contributed by atoms with van der Waals surface area (Å²) >= 11 is 0. The summed E-state index contributed by atoms with van der Waals surface area (Å²) in [5.41, 5.74) is 2.71. The molecule has 0 aliphatic heterocycles. The molecular formula is C20H18N2O3. The number of rotatable bonds is 4. The summed E-state index contributed by atoms with van der Waals surface area (Å²) in [6.07, 6.45) is 1.64. The fourth-order valence-corrected chi connectivity index (χ4v) is 2.49. The third-order valence-electron chi connectivity index (χ3n) is 3.67. The number of hydrogen-bond donors (Lipinski definition) is 2. The van der Waals surface area contributed by atoms with E-state index in [9.17, 15) is 9.59 Å². The van der Waals surface area contributed by atoms with Crippen molar-refractivity contribution in [3.8, 4) is 22.6 Å². The molecule has 1 heterocycles. The second-order valence-corrected chi connectivity index (χ2v) is 5.71. The van der Waals surface area contributed by atoms with Crippen molar-refractivity contribution in [3.63, 3.8) is 0 Å². The Labute approximate surface area is 145 Å². The average molecular weight is 334 g/mol. The molecule has 0 atom stereocenters. The van der Waals surface area contributed by atoms with Crippen LogP contribution in [-0.2, 0) is 4.79 Å². The van der Waals surface area contributed by atoms with E-state index < -0.39 is 0 Å². The predicted octanol–water partition coefficient (Wildman–Crippen LogP) is 4.10. The number of carbonyl (C=O) groups excluding carboxylic acids is 1. The Morgan fingerprint density at radius 1 is 1.08 bits per heavy atom. The van der Waals surface area contributed by atoms with Gasteiger partial charge in [-0.25, -0.2) is 0 Å². The maximum atomic E-state index is 11.6. The molecule has 126 valence electrons. The fourth-order valence-electron chi connectivity index (χ4n) is 2.49. The number of H-pyrrole nitrogens is 1. The van der Waals surface area contributed by atoms with Crippen LogP contribution in [0.15, 0.2) is 65.6 Å². The highest BCUT2D eigenvalue weighted by molar-refractivity contribution is 5.90. The van der Waals surface area contributed by atoms with E-state index in [0.29, 0.717) is 22.7 Å². The van der Waals surface area contributed by atoms with Gasteiger partial charge in [0.05, 0.1) is 0 Å². The second-order valence-electron chi connectivity index (χ2n) is 5.71. The summed E-state index contributed by atoms with van der Waals surface area (Å²) in [5, 5.41) is 2.77. The number of pyridine rings is 1. The maximum Gasteiger partial charge on any atom is 0.250 e. The molecule has 3 rings (SSSR count). The Morgan fingerprint density at radius 3 is 2.52 bits per heavy atom. The molecule has 0 unspecified atom stereocenters. The largest absolute Gasteiger partial charge is 0.457 e. The van der Waals surface area contributed by atoms with Gasteiger partial charge in [0, 0.05) is 35.5 Å². The van der Waals surface area contributed by atoms with Gasteiger partial charge >= 0.3 is 0 Å². The maximum absolute atomic E-state index is 11.6. The van der Waals surface area contributed by atoms with Gasteiger partial charge < -0.3 is 15.0 Å². The third kappa shape index (κ3) is 3.95. The Morgan fingerprint density at radius 2 is 1.84 bits per heavy atom. The second kappa shape index (κ2) is 7.05. The van der Waals surface area contributed by atoms with Crippen LogP contribution in [0.2, 0.25) is 0 Å². The summed E-state index contributed by atoms with van der Waals surface area (Å²) in [5.74, 6) is 1.18. The van der Waals surface area contributed by atoms with E-state index in [1.54, 1.807) is 31.3 Å². The minimum absolute atomic E-state index is 0.132. The van der Waals surface area contributed by atoms with Gasteiger partial charge in [-0.1, -0.05) is 18.2 Å². The molecule has 0 fully saturated rings. The number of hydrogen-bond acceptors (Lipinski definition) is 3. The highest BCUT2D eigenvalue weighted by Crippen LogP contribution is 2.35. The Bertz CT molecular complexity index is 962. The molecule has 0 saturated heterocycles. The molecule has 0 radical (unpaired) electrons. The molecule has 3 aromatic rings. The number of nitrogens with one attached hydrogen (secondary N) is 2. The molecule has 2 aromatic carbocycles. The Balaban J connectivity index is 2.08. The first-order valence-corrected chi connectivity index (χ1v) is 7.87. The van der Waals surface area contributed by atoms with Crippen LogP contribution in [0.3, 0.4) is 0 Å². The van der Waals surface area contributed by atoms with E-state index in [2.05, 4.69) is 10.3 Å². The first kappa shape index (κ1) is 16.5. The highest BCUT2D eigenvalue weighted by Gasteiger charge is 2.11. The molecule has 1 amide bonds. The first-order valence-electron chi connectivity index (χ1n) is 7.87. The Kier molecular flexibility index (Phi) is 4.66. The quantitative estimate of drug-likeness (QED) is 0.754. The van der Waals surface area contributed by atoms with Crippen molar-refractivity contribution in [1.29, 1.82) is 0 Å². The summed E-state index contributed by atoms with van der Waals surface area (Å²) in [6.45, 7) is 3.20. The number of para-hydroxylation sites is 1. The van der Waals surface area contributed by atoms with Crippen LogP contribution in [0.5, 0.6) is 11.5 Å². The predicted molar refractivity (Wildman–Crippen MR) is 98.1 cm³/mol. The van der Waals surface area contributed by atoms with Gasteiger partial charge in [-0.05, 0) is 43.3 Å². The zero-order valence-corrected chi connectivity index (χ0v) is 14.0. The van der Waals surface area contributed by atoms with Crippen LogP contribution in [-0.4, -0.2) is 10.9 Å². The lowest BCUT2D eigenvalue weighted by molar-refractivity contribution is -0.114. The topological polar surface area (TPSA) is 71.2 Å². The molecule has 5 heteroatoms. The number of benzene rings is 2. The number of anilines is 1. The molecular weight excluding hydrogens is 316 g/mol. The molecule has 25 heavy (non-hydrogen) atoms. The number of aryl methyl sites for hydroxylation is 1. The summed E-state index contributed by atoms with van der Waals surface area (Å²) in [4.78, 5) is 25.7. The van der Waals surface area contributed by atoms with Crippen molar-refractivity contribution in [1.82, 2.24) is 4.98 Å². The lowest BCUT2D eigenvalue weighted by Gasteiger charge is -2.14. The molecule has 2 N–H and O–H groups in total. The van der Waals surface area contributed by atoms with Gasteiger partial charge in [-0.15, -0.1) is 0 Å². The van der Waals surface area contributed by atoms with E-state index in [0.717, 1.165) is 11.1 Å². The normalized spacial score (nSPS) is 10.3. The van der Waals surface area contributed by atoms with Crippen molar-refractivity contribution in [2.45, 2.75) is 13.8 Å². The molecule has 0 aliphatic rings. The van der Waals surface area contributed by atoms with Gasteiger partial charge in [0.15, 0.2) is 0 Å². The van der Waals surface area contributed by atoms with Crippen LogP contribution < -0.4 is 15.6 Å². The minimum atomic E-state index is -0.152. The highest BCUT2D eigenvalue weighted by atomic mass is 16.5. The van der Waals surface area contributed by atoms with Crippen molar-refractivity contribution in [2.75, 3.05) is 5.32 Å². The number of carbonyl (C=O) groups is 1. The third-order valence-corrected chi connectivity index (χ3v) is 3.67. The van der Waals surface area contributed by atoms with Gasteiger partial charge in [0.2, 0.25) is 5.91 Å². The van der Waals surface area contributed by atoms with E-state index in [1.807, 2.05) is 36.4 Å². The fraction of sp³-hybridized carbons (Fsp3) is 0.100. The zero-order valence-electron chi connectivity index (χ0n) is 14.0. The van der Waals surface area contributed by atoms with Crippen molar-refractivity contribution in [2.24, 2.45) is 0 Å². The van der Waals surface area contributed by atoms with Crippen LogP contribution in [0.25, 0.3) is 11.1 Å². The molecule has 0 aliphatic carbocycles. The monoisotopic (exact) mass is 334 g/mol. The Hall–Kier alpha value is -3.34. The lowest BCUT2D eigenvalue weighted by atomic mass is 10.0. The van der Waals surface area contributed by atoms with Crippen LogP contribution in [0.1, 0.15) is 12.5 Å². The molecule has 0 spiro atoms. The number of aromatic nitrogens is 1. The summed E-state index contributed by atoms with van der Waals surface area (Å²) < 4.78 is 5.99. The number of amides is 1. The number of ether oxygens (including phenoxy) is 1. The molecule has 0 bridgehead atoms. The molecule has 5 nitrogen and oxygen atoms in total. The molecule has 1 aromatic heterocycles. The summed E-state index contributed by atoms with van der Waals surface area (Å²) in [7, 11) is 0. The first-order chi connectivity index (χ1) is 12.0. The van der Waals surface area contributed by atoms with Gasteiger partial charge in [-0.2, -0.15) is 0 Å². The van der Waals surface area contributed by atoms with E-state index in [-0.39, 0.29) is 11.5 Å². The minimum Gasteiger partial charge on any atom is -0.457 e. The van der Waals surface area contributed by atoms with Crippen LogP contribution >= 0.6 is 0 Å². The van der Waals surface area contributed by atoms with Gasteiger partial charge in [0.1, 0.15) is 11.5 Å². The van der Waals surface area contributed by atoms with Crippen molar-refractivity contribution in [3.05, 3.63) is 76.7 Å². The van der Waals surface area contributed by atoms with Crippen molar-refractivity contribution >= 4 is 11.6 Å².